The van der Waals surface area contributed by atoms with E-state index in [1.807, 2.05) is 0 Å². The Hall–Kier alpha value is -4.96. The number of allylic oxidation sites excluding steroid dienone is 1. The SMILES string of the molecule is C=C1S[C@@H]2[C@H](NC(=O)/C(=N\OC)c3csc(N)n3)C(=O)N2C(C(=O)O)=C1CSc1nc(C(=O)OC)nn1CC(=O)OCOC(=O)C(C)(C)C. The van der Waals surface area contributed by atoms with Gasteiger partial charge in [0, 0.05) is 21.6 Å². The number of carboxylic acid groups (broad SMARTS) is 1. The maximum absolute atomic E-state index is 13.3. The first kappa shape index (κ1) is 36.9. The van der Waals surface area contributed by atoms with Crippen molar-refractivity contribution in [2.24, 2.45) is 10.6 Å². The number of methoxy groups -OCH3 is 1. The van der Waals surface area contributed by atoms with Crippen LogP contribution in [-0.2, 0) is 49.6 Å². The molecule has 19 nitrogen and oxygen atoms in total. The number of nitrogens with two attached hydrogens (primary N) is 1. The van der Waals surface area contributed by atoms with Gasteiger partial charge in [0.1, 0.15) is 36.5 Å². The van der Waals surface area contributed by atoms with Crippen molar-refractivity contribution in [3.8, 4) is 0 Å². The molecule has 1 fully saturated rings. The number of nitrogen functional groups attached to an aromatic ring is 1. The van der Waals surface area contributed by atoms with Crippen molar-refractivity contribution in [1.29, 1.82) is 0 Å². The van der Waals surface area contributed by atoms with Crippen LogP contribution in [-0.4, -0.2) is 109 Å². The van der Waals surface area contributed by atoms with E-state index in [4.69, 9.17) is 20.0 Å². The number of aromatic nitrogens is 4. The Morgan fingerprint density at radius 3 is 2.49 bits per heavy atom. The van der Waals surface area contributed by atoms with Crippen molar-refractivity contribution in [3.63, 3.8) is 0 Å². The van der Waals surface area contributed by atoms with Crippen LogP contribution in [0.15, 0.2) is 38.4 Å². The number of fused-ring (bicyclic) bond motifs is 1. The summed E-state index contributed by atoms with van der Waals surface area (Å²) in [6.07, 6.45) is 0. The van der Waals surface area contributed by atoms with E-state index >= 15 is 0 Å². The summed E-state index contributed by atoms with van der Waals surface area (Å²) in [5.41, 5.74) is 4.48. The van der Waals surface area contributed by atoms with Gasteiger partial charge in [0.15, 0.2) is 16.0 Å². The molecule has 0 spiro atoms. The second-order valence-corrected chi connectivity index (χ2v) is 13.9. The molecule has 22 heteroatoms. The molecule has 2 aromatic rings. The van der Waals surface area contributed by atoms with Crippen LogP contribution in [0, 0.1) is 5.41 Å². The summed E-state index contributed by atoms with van der Waals surface area (Å²) >= 11 is 3.00. The van der Waals surface area contributed by atoms with E-state index < -0.39 is 71.7 Å². The van der Waals surface area contributed by atoms with Crippen LogP contribution >= 0.6 is 34.9 Å². The summed E-state index contributed by atoms with van der Waals surface area (Å²) in [5.74, 6) is -5.87. The van der Waals surface area contributed by atoms with Gasteiger partial charge in [0.05, 0.1) is 12.5 Å². The molecule has 0 aromatic carbocycles. The largest absolute Gasteiger partial charge is 0.477 e. The molecule has 0 bridgehead atoms. The normalized spacial score (nSPS) is 17.6. The van der Waals surface area contributed by atoms with E-state index in [-0.39, 0.29) is 43.6 Å². The third-order valence-corrected chi connectivity index (χ3v) is 9.40. The number of anilines is 1. The van der Waals surface area contributed by atoms with E-state index in [1.54, 1.807) is 20.8 Å². The predicted molar refractivity (Wildman–Crippen MR) is 173 cm³/mol. The van der Waals surface area contributed by atoms with E-state index in [9.17, 15) is 33.9 Å². The minimum Gasteiger partial charge on any atom is -0.477 e. The molecular weight excluding hydrogens is 709 g/mol. The zero-order chi connectivity index (χ0) is 36.2. The van der Waals surface area contributed by atoms with Crippen LogP contribution in [0.2, 0.25) is 0 Å². The highest BCUT2D eigenvalue weighted by Crippen LogP contribution is 2.47. The molecule has 2 aromatic heterocycles. The Morgan fingerprint density at radius 1 is 1.18 bits per heavy atom. The highest BCUT2D eigenvalue weighted by Gasteiger charge is 2.55. The molecule has 0 aliphatic carbocycles. The molecule has 2 atom stereocenters. The zero-order valence-electron chi connectivity index (χ0n) is 26.6. The molecule has 4 heterocycles. The van der Waals surface area contributed by atoms with E-state index in [2.05, 4.69) is 36.9 Å². The van der Waals surface area contributed by atoms with E-state index in [1.165, 1.54) is 12.5 Å². The monoisotopic (exact) mass is 738 g/mol. The fourth-order valence-electron chi connectivity index (χ4n) is 4.12. The minimum atomic E-state index is -1.44. The van der Waals surface area contributed by atoms with Crippen LogP contribution in [0.1, 0.15) is 37.1 Å². The summed E-state index contributed by atoms with van der Waals surface area (Å²) < 4.78 is 15.6. The fraction of sp³-hybridized carbons (Fsp3) is 0.407. The predicted octanol–water partition coefficient (Wildman–Crippen LogP) is 0.589. The summed E-state index contributed by atoms with van der Waals surface area (Å²) in [6.45, 7) is 7.63. The van der Waals surface area contributed by atoms with Gasteiger partial charge in [-0.2, -0.15) is 4.98 Å². The number of rotatable bonds is 13. The van der Waals surface area contributed by atoms with Crippen LogP contribution in [0.4, 0.5) is 5.13 Å². The lowest BCUT2D eigenvalue weighted by atomic mass is 9.98. The first-order valence-electron chi connectivity index (χ1n) is 13.8. The average molecular weight is 739 g/mol. The highest BCUT2D eigenvalue weighted by atomic mass is 32.2. The number of hydrogen-bond acceptors (Lipinski definition) is 18. The number of oxime groups is 1. The molecule has 262 valence electrons. The topological polar surface area (TPSA) is 257 Å². The number of carbonyl (C=O) groups excluding carboxylic acids is 5. The molecule has 2 amide bonds. The number of nitrogens with zero attached hydrogens (tertiary/aromatic N) is 6. The molecule has 1 saturated heterocycles. The highest BCUT2D eigenvalue weighted by molar-refractivity contribution is 8.04. The molecule has 2 aliphatic rings. The van der Waals surface area contributed by atoms with Gasteiger partial charge in [-0.15, -0.1) is 16.4 Å². The Kier molecular flexibility index (Phi) is 11.3. The van der Waals surface area contributed by atoms with Crippen LogP contribution in [0.5, 0.6) is 0 Å². The third kappa shape index (κ3) is 8.20. The lowest BCUT2D eigenvalue weighted by molar-refractivity contribution is -0.173. The number of esters is 3. The van der Waals surface area contributed by atoms with Crippen molar-refractivity contribution in [3.05, 3.63) is 39.7 Å². The number of nitrogens with one attached hydrogen (secondary N) is 1. The zero-order valence-corrected chi connectivity index (χ0v) is 29.0. The summed E-state index contributed by atoms with van der Waals surface area (Å²) in [6, 6.07) is -1.14. The number of hydrogen-bond donors (Lipinski definition) is 3. The standard InChI is InChI=1S/C27H30N8O11S3/c1-11-12(8-48-26-31-18(23(41)43-5)32-34(26)7-14(36)45-10-46-24(42)27(2,3)4)17(22(39)40)35-20(38)16(21(35)49-11)30-19(37)15(33-44-6)13-9-47-25(28)29-13/h9,16,21H,1,7-8,10H2,2-6H3,(H2,28,29)(H,30,37)(H,39,40)/b33-15-/t16-,21-/m1/s1. The maximum atomic E-state index is 13.3. The second kappa shape index (κ2) is 15.1. The maximum Gasteiger partial charge on any atom is 0.377 e. The molecule has 0 radical (unpaired) electrons. The van der Waals surface area contributed by atoms with Crippen molar-refractivity contribution < 1.29 is 52.9 Å². The smallest absolute Gasteiger partial charge is 0.377 e. The van der Waals surface area contributed by atoms with Crippen LogP contribution in [0.25, 0.3) is 0 Å². The Bertz CT molecular complexity index is 1780. The van der Waals surface area contributed by atoms with Gasteiger partial charge < -0.3 is 35.2 Å². The number of carbonyl (C=O) groups is 6. The number of β-lactam (4-membered cyclic amide) rings is 1. The third-order valence-electron chi connectivity index (χ3n) is 6.47. The van der Waals surface area contributed by atoms with Crippen LogP contribution in [0.3, 0.4) is 0 Å². The van der Waals surface area contributed by atoms with Crippen molar-refractivity contribution in [1.82, 2.24) is 30.0 Å². The van der Waals surface area contributed by atoms with Gasteiger partial charge in [-0.1, -0.05) is 35.3 Å². The average Bonchev–Trinajstić information content (AvgIpc) is 3.65. The lowest BCUT2D eigenvalue weighted by Gasteiger charge is -2.49. The van der Waals surface area contributed by atoms with Gasteiger partial charge in [-0.05, 0) is 20.8 Å². The lowest BCUT2D eigenvalue weighted by Crippen LogP contribution is -2.70. The summed E-state index contributed by atoms with van der Waals surface area (Å²) in [7, 11) is 2.33. The first-order chi connectivity index (χ1) is 23.1. The van der Waals surface area contributed by atoms with Gasteiger partial charge in [-0.3, -0.25) is 19.3 Å². The number of thiazole rings is 1. The first-order valence-corrected chi connectivity index (χ1v) is 16.6. The number of carboxylic acids is 1. The van der Waals surface area contributed by atoms with Crippen LogP contribution < -0.4 is 11.1 Å². The Balaban J connectivity index is 1.50. The van der Waals surface area contributed by atoms with Gasteiger partial charge in [0.2, 0.25) is 6.79 Å². The van der Waals surface area contributed by atoms with Crippen molar-refractivity contribution in [2.45, 2.75) is 43.9 Å². The molecule has 4 rings (SSSR count). The molecule has 49 heavy (non-hydrogen) atoms. The van der Waals surface area contributed by atoms with Gasteiger partial charge >= 0.3 is 23.9 Å². The quantitative estimate of drug-likeness (QED) is 0.0634. The number of ether oxygens (including phenoxy) is 3. The molecule has 4 N–H and O–H groups in total. The van der Waals surface area contributed by atoms with Crippen molar-refractivity contribution >= 4 is 81.4 Å². The Labute approximate surface area is 290 Å². The fourth-order valence-corrected chi connectivity index (χ4v) is 6.98. The number of aliphatic carboxylic acids is 1. The molecule has 0 unspecified atom stereocenters. The number of thioether (sulfide) groups is 2. The van der Waals surface area contributed by atoms with E-state index in [0.717, 1.165) is 51.6 Å². The van der Waals surface area contributed by atoms with Gasteiger partial charge in [0.25, 0.3) is 17.6 Å². The minimum absolute atomic E-state index is 0.00564. The molecule has 0 saturated carbocycles. The summed E-state index contributed by atoms with van der Waals surface area (Å²) in [4.78, 5) is 89.6. The number of amides is 2. The second-order valence-electron chi connectivity index (χ2n) is 10.9. The van der Waals surface area contributed by atoms with E-state index in [0.29, 0.717) is 0 Å². The van der Waals surface area contributed by atoms with Crippen molar-refractivity contribution in [2.75, 3.05) is 32.5 Å². The van der Waals surface area contributed by atoms with Gasteiger partial charge in [-0.25, -0.2) is 24.0 Å². The Morgan fingerprint density at radius 2 is 1.90 bits per heavy atom. The molecule has 2 aliphatic heterocycles. The molecular formula is C27H30N8O11S3. The summed E-state index contributed by atoms with van der Waals surface area (Å²) in [5, 5.41) is 21.2.